The van der Waals surface area contributed by atoms with Gasteiger partial charge in [0, 0.05) is 11.7 Å². The van der Waals surface area contributed by atoms with Crippen LogP contribution in [-0.4, -0.2) is 27.0 Å². The topological polar surface area (TPSA) is 80.4 Å². The molecular weight excluding hydrogens is 178 g/mol. The first-order chi connectivity index (χ1) is 5.27. The van der Waals surface area contributed by atoms with Crippen LogP contribution in [0.15, 0.2) is 0 Å². The van der Waals surface area contributed by atoms with E-state index >= 15 is 0 Å². The smallest absolute Gasteiger partial charge is 0.321 e. The van der Waals surface area contributed by atoms with E-state index in [4.69, 9.17) is 10.8 Å². The van der Waals surface area contributed by atoms with Gasteiger partial charge in [0.1, 0.15) is 6.04 Å². The van der Waals surface area contributed by atoms with Crippen LogP contribution in [-0.2, 0) is 9.59 Å². The molecule has 1 atom stereocenters. The Kier molecular flexibility index (Phi) is 3.73. The summed E-state index contributed by atoms with van der Waals surface area (Å²) in [7, 11) is 0. The largest absolute Gasteiger partial charge is 0.480 e. The summed E-state index contributed by atoms with van der Waals surface area (Å²) in [5.74, 6) is -1.09. The molecule has 0 saturated carbocycles. The number of aliphatic carboxylic acids is 1. The molecule has 0 radical (unpaired) electrons. The van der Waals surface area contributed by atoms with E-state index in [1.165, 1.54) is 6.92 Å². The lowest BCUT2D eigenvalue weighted by atomic mass is 10.1. The van der Waals surface area contributed by atoms with E-state index in [-0.39, 0.29) is 5.12 Å². The molecule has 0 aromatic rings. The Labute approximate surface area is 75.5 Å². The highest BCUT2D eigenvalue weighted by Gasteiger charge is 2.33. The van der Waals surface area contributed by atoms with Crippen molar-refractivity contribution in [3.8, 4) is 0 Å². The first kappa shape index (κ1) is 11.4. The standard InChI is InChI=1S/C7H13NO3S/c1-4(9)12-7(2,3)5(8)6(10)11/h5H,8H2,1-3H3,(H,10,11). The Hall–Kier alpha value is -0.550. The minimum atomic E-state index is -1.09. The number of thioether (sulfide) groups is 1. The van der Waals surface area contributed by atoms with Gasteiger partial charge in [-0.25, -0.2) is 0 Å². The van der Waals surface area contributed by atoms with Crippen LogP contribution in [0.25, 0.3) is 0 Å². The van der Waals surface area contributed by atoms with Crippen molar-refractivity contribution in [1.82, 2.24) is 0 Å². The van der Waals surface area contributed by atoms with Gasteiger partial charge >= 0.3 is 5.97 Å². The summed E-state index contributed by atoms with van der Waals surface area (Å²) in [6.07, 6.45) is 0. The molecule has 0 spiro atoms. The summed E-state index contributed by atoms with van der Waals surface area (Å²) in [5, 5.41) is 8.45. The van der Waals surface area contributed by atoms with Gasteiger partial charge in [0.25, 0.3) is 0 Å². The van der Waals surface area contributed by atoms with Gasteiger partial charge in [-0.2, -0.15) is 0 Å². The van der Waals surface area contributed by atoms with Crippen LogP contribution in [0.1, 0.15) is 20.8 Å². The average Bonchev–Trinajstić information content (AvgIpc) is 1.82. The zero-order chi connectivity index (χ0) is 9.94. The molecule has 0 amide bonds. The molecule has 0 rings (SSSR count). The molecule has 3 N–H and O–H groups in total. The SMILES string of the molecule is CC(=O)SC(C)(C)C(N)C(=O)O. The minimum Gasteiger partial charge on any atom is -0.480 e. The first-order valence-corrected chi connectivity index (χ1v) is 4.27. The van der Waals surface area contributed by atoms with Crippen molar-refractivity contribution < 1.29 is 14.7 Å². The maximum absolute atomic E-state index is 10.7. The average molecular weight is 191 g/mol. The van der Waals surface area contributed by atoms with Gasteiger partial charge in [-0.15, -0.1) is 0 Å². The monoisotopic (exact) mass is 191 g/mol. The third kappa shape index (κ3) is 3.23. The third-order valence-electron chi connectivity index (χ3n) is 1.42. The van der Waals surface area contributed by atoms with Gasteiger partial charge in [-0.1, -0.05) is 11.8 Å². The van der Waals surface area contributed by atoms with E-state index in [1.54, 1.807) is 13.8 Å². The van der Waals surface area contributed by atoms with Crippen molar-refractivity contribution in [2.24, 2.45) is 5.73 Å². The summed E-state index contributed by atoms with van der Waals surface area (Å²) >= 11 is 0.948. The summed E-state index contributed by atoms with van der Waals surface area (Å²) in [6, 6.07) is -1.02. The van der Waals surface area contributed by atoms with E-state index in [9.17, 15) is 9.59 Å². The highest BCUT2D eigenvalue weighted by Crippen LogP contribution is 2.27. The van der Waals surface area contributed by atoms with Gasteiger partial charge in [0.2, 0.25) is 0 Å². The molecule has 0 aliphatic rings. The van der Waals surface area contributed by atoms with Crippen LogP contribution in [0.5, 0.6) is 0 Å². The predicted molar refractivity (Wildman–Crippen MR) is 48.0 cm³/mol. The van der Waals surface area contributed by atoms with E-state index < -0.39 is 16.8 Å². The van der Waals surface area contributed by atoms with Crippen LogP contribution in [0.4, 0.5) is 0 Å². The zero-order valence-corrected chi connectivity index (χ0v) is 8.14. The van der Waals surface area contributed by atoms with Gasteiger partial charge in [0.05, 0.1) is 0 Å². The molecule has 4 nitrogen and oxygen atoms in total. The first-order valence-electron chi connectivity index (χ1n) is 3.45. The number of carbonyl (C=O) groups is 2. The lowest BCUT2D eigenvalue weighted by molar-refractivity contribution is -0.139. The molecule has 0 saturated heterocycles. The number of rotatable bonds is 3. The Morgan fingerprint density at radius 3 is 2.17 bits per heavy atom. The number of hydrogen-bond acceptors (Lipinski definition) is 4. The summed E-state index contributed by atoms with van der Waals surface area (Å²) < 4.78 is -0.752. The van der Waals surface area contributed by atoms with Crippen LogP contribution >= 0.6 is 11.8 Å². The van der Waals surface area contributed by atoms with Crippen molar-refractivity contribution in [2.75, 3.05) is 0 Å². The number of carboxylic acid groups (broad SMARTS) is 1. The molecule has 5 heteroatoms. The summed E-state index contributed by atoms with van der Waals surface area (Å²) in [4.78, 5) is 21.2. The Morgan fingerprint density at radius 1 is 1.50 bits per heavy atom. The second kappa shape index (κ2) is 3.91. The van der Waals surface area contributed by atoms with Crippen LogP contribution in [0, 0.1) is 0 Å². The van der Waals surface area contributed by atoms with E-state index in [1.807, 2.05) is 0 Å². The van der Waals surface area contributed by atoms with Crippen molar-refractivity contribution in [1.29, 1.82) is 0 Å². The second-order valence-corrected chi connectivity index (χ2v) is 4.84. The zero-order valence-electron chi connectivity index (χ0n) is 7.33. The van der Waals surface area contributed by atoms with Crippen LogP contribution in [0.2, 0.25) is 0 Å². The normalized spacial score (nSPS) is 14.0. The van der Waals surface area contributed by atoms with Gasteiger partial charge in [-0.3, -0.25) is 9.59 Å². The Balaban J connectivity index is 4.38. The molecular formula is C7H13NO3S. The van der Waals surface area contributed by atoms with Crippen molar-refractivity contribution in [3.05, 3.63) is 0 Å². The molecule has 0 aliphatic heterocycles. The van der Waals surface area contributed by atoms with Crippen molar-refractivity contribution in [2.45, 2.75) is 31.6 Å². The minimum absolute atomic E-state index is 0.128. The van der Waals surface area contributed by atoms with Gasteiger partial charge < -0.3 is 10.8 Å². The lowest BCUT2D eigenvalue weighted by Crippen LogP contribution is -2.47. The van der Waals surface area contributed by atoms with Crippen molar-refractivity contribution in [3.63, 3.8) is 0 Å². The number of carbonyl (C=O) groups excluding carboxylic acids is 1. The summed E-state index contributed by atoms with van der Waals surface area (Å²) in [5.41, 5.74) is 5.37. The van der Waals surface area contributed by atoms with E-state index in [2.05, 4.69) is 0 Å². The molecule has 0 fully saturated rings. The fourth-order valence-corrected chi connectivity index (χ4v) is 1.70. The third-order valence-corrected chi connectivity index (χ3v) is 2.49. The number of nitrogens with two attached hydrogens (primary N) is 1. The molecule has 0 bridgehead atoms. The van der Waals surface area contributed by atoms with Crippen LogP contribution < -0.4 is 5.73 Å². The van der Waals surface area contributed by atoms with E-state index in [0.29, 0.717) is 0 Å². The Morgan fingerprint density at radius 2 is 1.92 bits per heavy atom. The molecule has 12 heavy (non-hydrogen) atoms. The van der Waals surface area contributed by atoms with Crippen molar-refractivity contribution >= 4 is 22.8 Å². The molecule has 0 aromatic carbocycles. The lowest BCUT2D eigenvalue weighted by Gasteiger charge is -2.26. The molecule has 0 heterocycles. The molecule has 0 aliphatic carbocycles. The van der Waals surface area contributed by atoms with Gasteiger partial charge in [-0.05, 0) is 13.8 Å². The highest BCUT2D eigenvalue weighted by atomic mass is 32.2. The maximum Gasteiger partial charge on any atom is 0.321 e. The fourth-order valence-electron chi connectivity index (χ4n) is 0.731. The fraction of sp³-hybridized carbons (Fsp3) is 0.714. The Bertz CT molecular complexity index is 203. The second-order valence-electron chi connectivity index (χ2n) is 3.01. The quantitative estimate of drug-likeness (QED) is 0.677. The number of hydrogen-bond donors (Lipinski definition) is 2. The van der Waals surface area contributed by atoms with Gasteiger partial charge in [0.15, 0.2) is 5.12 Å². The molecule has 1 unspecified atom stereocenters. The van der Waals surface area contributed by atoms with E-state index in [0.717, 1.165) is 11.8 Å². The van der Waals surface area contributed by atoms with Crippen LogP contribution in [0.3, 0.4) is 0 Å². The molecule has 70 valence electrons. The number of carboxylic acids is 1. The summed E-state index contributed by atoms with van der Waals surface area (Å²) in [6.45, 7) is 4.66. The molecule has 0 aromatic heterocycles. The maximum atomic E-state index is 10.7. The predicted octanol–water partition coefficient (Wildman–Crippen LogP) is 0.457. The highest BCUT2D eigenvalue weighted by molar-refractivity contribution is 8.14.